The summed E-state index contributed by atoms with van der Waals surface area (Å²) in [6, 6.07) is 2.58. The number of aromatic nitrogens is 1. The van der Waals surface area contributed by atoms with Crippen molar-refractivity contribution in [1.29, 1.82) is 0 Å². The fraction of sp³-hybridized carbons (Fsp3) is 0.481. The zero-order valence-corrected chi connectivity index (χ0v) is 23.6. The van der Waals surface area contributed by atoms with Gasteiger partial charge in [0.15, 0.2) is 5.96 Å². The molecular formula is C27H40N8O7. The number of nitrogens with zero attached hydrogens (tertiary/aromatic N) is 1. The van der Waals surface area contributed by atoms with Crippen LogP contribution in [0.15, 0.2) is 35.5 Å². The predicted octanol–water partition coefficient (Wildman–Crippen LogP) is -0.849. The number of hydrogen-bond donors (Lipinski definition) is 9. The van der Waals surface area contributed by atoms with Gasteiger partial charge in [-0.2, -0.15) is 0 Å². The quantitative estimate of drug-likeness (QED) is 0.0627. The molecule has 3 amide bonds. The molecule has 1 aromatic carbocycles. The lowest BCUT2D eigenvalue weighted by Crippen LogP contribution is -2.58. The molecule has 15 heteroatoms. The Bertz CT molecular complexity index is 1290. The highest BCUT2D eigenvalue weighted by atomic mass is 16.4. The van der Waals surface area contributed by atoms with E-state index < -0.39 is 59.7 Å². The topological polar surface area (TPSA) is 268 Å². The van der Waals surface area contributed by atoms with Crippen LogP contribution in [0.5, 0.6) is 0 Å². The van der Waals surface area contributed by atoms with Gasteiger partial charge >= 0.3 is 11.9 Å². The van der Waals surface area contributed by atoms with Gasteiger partial charge in [0.2, 0.25) is 17.7 Å². The second-order valence-corrected chi connectivity index (χ2v) is 10.2. The van der Waals surface area contributed by atoms with E-state index in [1.165, 1.54) is 0 Å². The van der Waals surface area contributed by atoms with Crippen LogP contribution in [0.4, 0.5) is 0 Å². The summed E-state index contributed by atoms with van der Waals surface area (Å²) in [5.41, 5.74) is 18.0. The van der Waals surface area contributed by atoms with Gasteiger partial charge in [-0.3, -0.25) is 24.2 Å². The molecule has 230 valence electrons. The molecule has 0 aliphatic carbocycles. The molecule has 2 aromatic rings. The lowest BCUT2D eigenvalue weighted by molar-refractivity contribution is -0.142. The molecule has 15 nitrogen and oxygen atoms in total. The molecule has 42 heavy (non-hydrogen) atoms. The lowest BCUT2D eigenvalue weighted by atomic mass is 10.0. The third-order valence-electron chi connectivity index (χ3n) is 6.54. The van der Waals surface area contributed by atoms with Crippen molar-refractivity contribution in [2.24, 2.45) is 28.1 Å². The van der Waals surface area contributed by atoms with Crippen LogP contribution >= 0.6 is 0 Å². The van der Waals surface area contributed by atoms with Crippen LogP contribution < -0.4 is 33.2 Å². The number of aliphatic carboxylic acids is 2. The van der Waals surface area contributed by atoms with E-state index in [1.54, 1.807) is 20.0 Å². The van der Waals surface area contributed by atoms with Crippen molar-refractivity contribution in [1.82, 2.24) is 20.9 Å². The van der Waals surface area contributed by atoms with Gasteiger partial charge in [0.05, 0.1) is 6.04 Å². The second kappa shape index (κ2) is 16.0. The number of guanidine groups is 1. The fourth-order valence-corrected chi connectivity index (χ4v) is 4.23. The van der Waals surface area contributed by atoms with E-state index in [9.17, 15) is 29.1 Å². The van der Waals surface area contributed by atoms with Crippen molar-refractivity contribution >= 4 is 46.5 Å². The van der Waals surface area contributed by atoms with Crippen molar-refractivity contribution in [2.45, 2.75) is 70.1 Å². The molecule has 12 N–H and O–H groups in total. The number of H-pyrrole nitrogens is 1. The van der Waals surface area contributed by atoms with Gasteiger partial charge in [0, 0.05) is 36.5 Å². The van der Waals surface area contributed by atoms with Gasteiger partial charge in [0.1, 0.15) is 18.1 Å². The number of fused-ring (bicyclic) bond motifs is 1. The molecule has 0 aliphatic rings. The van der Waals surface area contributed by atoms with Crippen LogP contribution in [0.1, 0.15) is 45.1 Å². The van der Waals surface area contributed by atoms with Crippen LogP contribution in [0, 0.1) is 5.92 Å². The van der Waals surface area contributed by atoms with Crippen LogP contribution in [-0.4, -0.2) is 81.5 Å². The normalized spacial score (nSPS) is 13.9. The molecule has 0 saturated heterocycles. The number of amides is 3. The van der Waals surface area contributed by atoms with Crippen molar-refractivity contribution in [3.05, 3.63) is 36.0 Å². The first-order chi connectivity index (χ1) is 19.8. The first-order valence-electron chi connectivity index (χ1n) is 13.5. The summed E-state index contributed by atoms with van der Waals surface area (Å²) in [5.74, 6) is -5.12. The number of aliphatic imine (C=N–C) groups is 1. The maximum absolute atomic E-state index is 13.3. The average molecular weight is 589 g/mol. The third kappa shape index (κ3) is 10.4. The molecule has 0 radical (unpaired) electrons. The van der Waals surface area contributed by atoms with E-state index in [4.69, 9.17) is 22.3 Å². The van der Waals surface area contributed by atoms with Crippen LogP contribution in [0.2, 0.25) is 0 Å². The molecule has 1 heterocycles. The SMILES string of the molecule is CC(C)C(NC(=O)C(N)CCC(=O)O)C(=O)NC(CCCN=C(N)N)C(=O)NC(Cc1c[nH]c2ccccc12)C(=O)O. The van der Waals surface area contributed by atoms with E-state index in [0.717, 1.165) is 10.9 Å². The number of carboxylic acids is 2. The minimum atomic E-state index is -1.30. The number of hydrogen-bond acceptors (Lipinski definition) is 7. The number of nitrogens with two attached hydrogens (primary N) is 3. The first-order valence-corrected chi connectivity index (χ1v) is 13.5. The lowest BCUT2D eigenvalue weighted by Gasteiger charge is -2.27. The van der Waals surface area contributed by atoms with Crippen molar-refractivity contribution in [3.63, 3.8) is 0 Å². The monoisotopic (exact) mass is 588 g/mol. The highest BCUT2D eigenvalue weighted by Gasteiger charge is 2.32. The Morgan fingerprint density at radius 1 is 0.929 bits per heavy atom. The molecule has 0 aliphatic heterocycles. The maximum Gasteiger partial charge on any atom is 0.326 e. The number of carbonyl (C=O) groups is 5. The van der Waals surface area contributed by atoms with Crippen LogP contribution in [0.25, 0.3) is 10.9 Å². The second-order valence-electron chi connectivity index (χ2n) is 10.2. The summed E-state index contributed by atoms with van der Waals surface area (Å²) in [7, 11) is 0. The molecule has 0 fully saturated rings. The van der Waals surface area contributed by atoms with Gasteiger partial charge < -0.3 is 48.3 Å². The van der Waals surface area contributed by atoms with E-state index in [0.29, 0.717) is 5.56 Å². The highest BCUT2D eigenvalue weighted by molar-refractivity contribution is 5.94. The molecule has 4 unspecified atom stereocenters. The van der Waals surface area contributed by atoms with E-state index in [-0.39, 0.29) is 44.6 Å². The number of nitrogens with one attached hydrogen (secondary N) is 4. The largest absolute Gasteiger partial charge is 0.481 e. The minimum absolute atomic E-state index is 0.0152. The van der Waals surface area contributed by atoms with E-state index in [1.807, 2.05) is 24.3 Å². The van der Waals surface area contributed by atoms with Crippen molar-refractivity contribution < 1.29 is 34.2 Å². The molecule has 0 bridgehead atoms. The van der Waals surface area contributed by atoms with Crippen LogP contribution in [-0.2, 0) is 30.4 Å². The fourth-order valence-electron chi connectivity index (χ4n) is 4.23. The Hall–Kier alpha value is -4.66. The van der Waals surface area contributed by atoms with Gasteiger partial charge in [0.25, 0.3) is 0 Å². The summed E-state index contributed by atoms with van der Waals surface area (Å²) in [6.07, 6.45) is 1.54. The maximum atomic E-state index is 13.3. The summed E-state index contributed by atoms with van der Waals surface area (Å²) in [6.45, 7) is 3.49. The zero-order chi connectivity index (χ0) is 31.4. The summed E-state index contributed by atoms with van der Waals surface area (Å²) < 4.78 is 0. The number of carboxylic acid groups (broad SMARTS) is 2. The summed E-state index contributed by atoms with van der Waals surface area (Å²) in [5, 5.41) is 27.2. The predicted molar refractivity (Wildman–Crippen MR) is 155 cm³/mol. The van der Waals surface area contributed by atoms with Crippen molar-refractivity contribution in [3.8, 4) is 0 Å². The molecular weight excluding hydrogens is 548 g/mol. The Kier molecular flexibility index (Phi) is 12.7. The third-order valence-corrected chi connectivity index (χ3v) is 6.54. The Balaban J connectivity index is 2.19. The molecule has 2 rings (SSSR count). The Morgan fingerprint density at radius 3 is 2.21 bits per heavy atom. The number of benzene rings is 1. The number of para-hydroxylation sites is 1. The molecule has 0 saturated carbocycles. The van der Waals surface area contributed by atoms with E-state index in [2.05, 4.69) is 25.9 Å². The number of rotatable bonds is 17. The standard InChI is InChI=1S/C27H40N8O7/c1-14(2)22(35-23(38)17(28)9-10-21(36)37)25(40)33-19(8-5-11-31-27(29)30)24(39)34-20(26(41)42)12-15-13-32-18-7-4-3-6-16(15)18/h3-4,6-7,13-14,17,19-20,22,32H,5,8-12,28H2,1-2H3,(H,33,40)(H,34,39)(H,35,38)(H,36,37)(H,41,42)(H4,29,30,31). The smallest absolute Gasteiger partial charge is 0.326 e. The highest BCUT2D eigenvalue weighted by Crippen LogP contribution is 2.19. The molecule has 4 atom stereocenters. The molecule has 1 aromatic heterocycles. The Morgan fingerprint density at radius 2 is 1.60 bits per heavy atom. The Labute approximate surface area is 242 Å². The first kappa shape index (κ1) is 33.5. The van der Waals surface area contributed by atoms with Gasteiger partial charge in [-0.05, 0) is 36.8 Å². The number of carbonyl (C=O) groups excluding carboxylic acids is 3. The zero-order valence-electron chi connectivity index (χ0n) is 23.6. The van der Waals surface area contributed by atoms with Gasteiger partial charge in [-0.1, -0.05) is 32.0 Å². The summed E-state index contributed by atoms with van der Waals surface area (Å²) in [4.78, 5) is 69.0. The number of aromatic amines is 1. The van der Waals surface area contributed by atoms with Crippen LogP contribution in [0.3, 0.4) is 0 Å². The van der Waals surface area contributed by atoms with E-state index >= 15 is 0 Å². The van der Waals surface area contributed by atoms with Crippen molar-refractivity contribution in [2.75, 3.05) is 6.54 Å². The average Bonchev–Trinajstić information content (AvgIpc) is 3.33. The molecule has 0 spiro atoms. The van der Waals surface area contributed by atoms with Gasteiger partial charge in [-0.15, -0.1) is 0 Å². The summed E-state index contributed by atoms with van der Waals surface area (Å²) >= 11 is 0. The van der Waals surface area contributed by atoms with Gasteiger partial charge in [-0.25, -0.2) is 4.79 Å². The minimum Gasteiger partial charge on any atom is -0.481 e.